The zero-order valence-electron chi connectivity index (χ0n) is 8.48. The molecule has 0 radical (unpaired) electrons. The van der Waals surface area contributed by atoms with Gasteiger partial charge in [0.05, 0.1) is 0 Å². The maximum atomic E-state index is 9.37. The summed E-state index contributed by atoms with van der Waals surface area (Å²) in [4.78, 5) is 9.37. The van der Waals surface area contributed by atoms with Crippen molar-refractivity contribution in [2.24, 2.45) is 0 Å². The molecule has 1 N–H and O–H groups in total. The van der Waals surface area contributed by atoms with Crippen LogP contribution in [0.2, 0.25) is 0 Å². The van der Waals surface area contributed by atoms with Crippen molar-refractivity contribution < 1.29 is 15.6 Å². The van der Waals surface area contributed by atoms with Crippen LogP contribution in [0.1, 0.15) is 19.1 Å². The molecule has 0 bridgehead atoms. The molecule has 0 saturated heterocycles. The van der Waals surface area contributed by atoms with Crippen molar-refractivity contribution in [3.63, 3.8) is 0 Å². The van der Waals surface area contributed by atoms with Crippen LogP contribution in [0.5, 0.6) is 0 Å². The third kappa shape index (κ3) is 19.4. The van der Waals surface area contributed by atoms with Crippen molar-refractivity contribution in [2.45, 2.75) is 13.3 Å². The van der Waals surface area contributed by atoms with Gasteiger partial charge in [0.1, 0.15) is 0 Å². The van der Waals surface area contributed by atoms with E-state index in [1.807, 2.05) is 0 Å². The summed E-state index contributed by atoms with van der Waals surface area (Å²) in [7, 11) is 0. The number of rotatable bonds is 1. The van der Waals surface area contributed by atoms with E-state index in [1.165, 1.54) is 0 Å². The Kier molecular flexibility index (Phi) is 22.6. The van der Waals surface area contributed by atoms with Gasteiger partial charge in [0.25, 0.3) is 0 Å². The second-order valence-electron chi connectivity index (χ2n) is 0.747. The molecular weight excluding hydrogens is 117 g/mol. The summed E-state index contributed by atoms with van der Waals surface area (Å²) in [5.74, 6) is -0.745. The summed E-state index contributed by atoms with van der Waals surface area (Å²) in [6.45, 7) is 1.60. The third-order valence-corrected chi connectivity index (χ3v) is 0.302. The van der Waals surface area contributed by atoms with E-state index in [4.69, 9.17) is 5.11 Å². The van der Waals surface area contributed by atoms with Crippen LogP contribution in [0.15, 0.2) is 0 Å². The van der Waals surface area contributed by atoms with Crippen molar-refractivity contribution >= 4 is 52.1 Å². The number of aliphatic carboxylic acids is 1. The predicted molar refractivity (Wildman–Crippen MR) is 33.9 cm³/mol. The fraction of sp³-hybridized carbons (Fsp3) is 0.667. The van der Waals surface area contributed by atoms with E-state index in [0.29, 0.717) is 0 Å². The molecule has 0 aliphatic carbocycles. The quantitative estimate of drug-likeness (QED) is 0.509. The van der Waals surface area contributed by atoms with Gasteiger partial charge in [0.2, 0.25) is 0 Å². The third-order valence-electron chi connectivity index (χ3n) is 0.302. The molecule has 0 unspecified atom stereocenters. The van der Waals surface area contributed by atoms with Gasteiger partial charge in [-0.05, 0) is 0 Å². The topological polar surface area (TPSA) is 37.3 Å². The van der Waals surface area contributed by atoms with E-state index >= 15 is 0 Å². The summed E-state index contributed by atoms with van der Waals surface area (Å²) in [6, 6.07) is 0. The predicted octanol–water partition coefficient (Wildman–Crippen LogP) is 0.169. The van der Waals surface area contributed by atoms with Crippen LogP contribution in [0.4, 0.5) is 0 Å². The van der Waals surface area contributed by atoms with Crippen molar-refractivity contribution in [3.8, 4) is 0 Å². The smallest absolute Gasteiger partial charge is 1.00 e. The normalized spacial score (nSPS) is 5.29. The van der Waals surface area contributed by atoms with Crippen LogP contribution in [-0.4, -0.2) is 57.2 Å². The average Bonchev–Trinajstić information content (AvgIpc) is 1.38. The minimum absolute atomic E-state index is 0. The van der Waals surface area contributed by atoms with Crippen molar-refractivity contribution in [3.05, 3.63) is 0 Å². The van der Waals surface area contributed by atoms with E-state index in [1.54, 1.807) is 6.92 Å². The molecule has 0 spiro atoms. The summed E-state index contributed by atoms with van der Waals surface area (Å²) in [6.07, 6.45) is 0.222. The van der Waals surface area contributed by atoms with Gasteiger partial charge >= 0.3 is 52.1 Å². The SMILES string of the molecule is CCC(=O)O.[H-].[H-].[H-].[H-].[Mg+2].[Mg+2]. The van der Waals surface area contributed by atoms with Gasteiger partial charge in [-0.1, -0.05) is 6.92 Å². The van der Waals surface area contributed by atoms with Crippen LogP contribution in [0.25, 0.3) is 0 Å². The van der Waals surface area contributed by atoms with Crippen LogP contribution in [0, 0.1) is 0 Å². The first-order valence-electron chi connectivity index (χ1n) is 1.49. The minimum atomic E-state index is -0.745. The van der Waals surface area contributed by atoms with Crippen LogP contribution in [0.3, 0.4) is 0 Å². The average molecular weight is 127 g/mol. The fourth-order valence-electron chi connectivity index (χ4n) is 0. The molecule has 0 amide bonds. The Morgan fingerprint density at radius 2 is 1.86 bits per heavy atom. The Labute approximate surface area is 80.9 Å². The Morgan fingerprint density at radius 3 is 1.86 bits per heavy atom. The summed E-state index contributed by atoms with van der Waals surface area (Å²) >= 11 is 0. The van der Waals surface area contributed by atoms with Gasteiger partial charge in [-0.15, -0.1) is 0 Å². The molecule has 0 atom stereocenters. The first-order valence-corrected chi connectivity index (χ1v) is 1.49. The number of hydrogen-bond acceptors (Lipinski definition) is 1. The Hall–Kier alpha value is 1.00. The van der Waals surface area contributed by atoms with E-state index in [2.05, 4.69) is 0 Å². The molecule has 0 aromatic carbocycles. The Balaban J connectivity index is -0.00000000533. The maximum absolute atomic E-state index is 9.37. The number of carbonyl (C=O) groups is 1. The molecule has 0 saturated carbocycles. The summed E-state index contributed by atoms with van der Waals surface area (Å²) in [5, 5.41) is 7.72. The zero-order valence-corrected chi connectivity index (χ0v) is 7.31. The fourth-order valence-corrected chi connectivity index (χ4v) is 0. The number of carboxylic acid groups (broad SMARTS) is 1. The molecule has 0 fully saturated rings. The molecule has 2 nitrogen and oxygen atoms in total. The molecular formula is C3H10Mg2O2. The monoisotopic (exact) mass is 126 g/mol. The van der Waals surface area contributed by atoms with E-state index in [0.717, 1.165) is 0 Å². The second-order valence-corrected chi connectivity index (χ2v) is 0.747. The first kappa shape index (κ1) is 15.7. The molecule has 7 heavy (non-hydrogen) atoms. The van der Waals surface area contributed by atoms with Gasteiger partial charge < -0.3 is 10.8 Å². The van der Waals surface area contributed by atoms with E-state index < -0.39 is 5.97 Å². The van der Waals surface area contributed by atoms with Gasteiger partial charge in [-0.3, -0.25) is 4.79 Å². The van der Waals surface area contributed by atoms with Crippen molar-refractivity contribution in [2.75, 3.05) is 0 Å². The van der Waals surface area contributed by atoms with Crippen LogP contribution < -0.4 is 0 Å². The summed E-state index contributed by atoms with van der Waals surface area (Å²) < 4.78 is 0. The maximum Gasteiger partial charge on any atom is 2.00 e. The molecule has 0 aromatic heterocycles. The van der Waals surface area contributed by atoms with E-state index in [-0.39, 0.29) is 58.2 Å². The molecule has 0 aliphatic rings. The zero-order chi connectivity index (χ0) is 4.28. The van der Waals surface area contributed by atoms with Gasteiger partial charge in [0.15, 0.2) is 0 Å². The largest absolute Gasteiger partial charge is 2.00 e. The second kappa shape index (κ2) is 10.1. The minimum Gasteiger partial charge on any atom is -1.00 e. The first-order chi connectivity index (χ1) is 2.27. The Morgan fingerprint density at radius 1 is 1.71 bits per heavy atom. The molecule has 0 aliphatic heterocycles. The van der Waals surface area contributed by atoms with Crippen LogP contribution >= 0.6 is 0 Å². The molecule has 0 aromatic rings. The van der Waals surface area contributed by atoms with Crippen molar-refractivity contribution in [1.29, 1.82) is 0 Å². The van der Waals surface area contributed by atoms with Gasteiger partial charge in [-0.2, -0.15) is 0 Å². The molecule has 0 heterocycles. The van der Waals surface area contributed by atoms with Gasteiger partial charge in [-0.25, -0.2) is 0 Å². The Bertz CT molecular complexity index is 56.6. The standard InChI is InChI=1S/C3H6O2.2Mg.4H/c1-2-3(4)5;;;;;;/h2H2,1H3,(H,4,5);;;;;;/q;2*+2;4*-1. The molecule has 4 heteroatoms. The van der Waals surface area contributed by atoms with Crippen molar-refractivity contribution in [1.82, 2.24) is 0 Å². The van der Waals surface area contributed by atoms with Gasteiger partial charge in [0, 0.05) is 6.42 Å². The van der Waals surface area contributed by atoms with E-state index in [9.17, 15) is 4.79 Å². The molecule has 0 rings (SSSR count). The number of hydrogen-bond donors (Lipinski definition) is 1. The number of carboxylic acids is 1. The molecule has 38 valence electrons. The van der Waals surface area contributed by atoms with Crippen LogP contribution in [-0.2, 0) is 4.79 Å². The summed E-state index contributed by atoms with van der Waals surface area (Å²) in [5.41, 5.74) is 0.